The lowest BCUT2D eigenvalue weighted by Gasteiger charge is -2.52. The molecule has 1 aromatic carbocycles. The van der Waals surface area contributed by atoms with Crippen LogP contribution < -0.4 is 5.73 Å². The van der Waals surface area contributed by atoms with Gasteiger partial charge in [-0.3, -0.25) is 28.9 Å². The Balaban J connectivity index is 1.65. The van der Waals surface area contributed by atoms with Gasteiger partial charge >= 0.3 is 0 Å². The summed E-state index contributed by atoms with van der Waals surface area (Å²) in [6.07, 6.45) is 5.04. The van der Waals surface area contributed by atoms with Crippen LogP contribution in [0.4, 0.5) is 0 Å². The van der Waals surface area contributed by atoms with Crippen molar-refractivity contribution in [2.45, 2.75) is 37.8 Å². The maximum atomic E-state index is 13.8. The van der Waals surface area contributed by atoms with Crippen LogP contribution in [0.15, 0.2) is 29.9 Å². The molecule has 1 aromatic rings. The third kappa shape index (κ3) is 3.12. The van der Waals surface area contributed by atoms with E-state index in [2.05, 4.69) is 6.08 Å². The first-order valence-electron chi connectivity index (χ1n) is 12.0. The number of amides is 1. The van der Waals surface area contributed by atoms with E-state index in [9.17, 15) is 34.2 Å². The average molecular weight is 493 g/mol. The number of phenols is 1. The second kappa shape index (κ2) is 8.04. The Morgan fingerprint density at radius 3 is 2.42 bits per heavy atom. The summed E-state index contributed by atoms with van der Waals surface area (Å²) in [5, 5.41) is 22.2. The number of aromatic hydroxyl groups is 1. The SMILES string of the molecule is CC1=CCC(c2ccc(O)c3c2C[C@H]2C[C@H]4[C@H](N(C)C)C(=O)C(C(N)=O)C(=O)[C@@]4(O)C(=O)C2C3=O)=C1. The first-order chi connectivity index (χ1) is 16.9. The van der Waals surface area contributed by atoms with E-state index in [1.807, 2.05) is 13.0 Å². The van der Waals surface area contributed by atoms with E-state index in [4.69, 9.17) is 5.73 Å². The maximum Gasteiger partial charge on any atom is 0.235 e. The minimum absolute atomic E-state index is 0.0181. The van der Waals surface area contributed by atoms with Crippen LogP contribution in [0.5, 0.6) is 5.75 Å². The fourth-order valence-corrected chi connectivity index (χ4v) is 6.76. The minimum atomic E-state index is -2.71. The number of hydrogen-bond acceptors (Lipinski definition) is 8. The summed E-state index contributed by atoms with van der Waals surface area (Å²) in [4.78, 5) is 67.5. The van der Waals surface area contributed by atoms with Crippen molar-refractivity contribution in [1.82, 2.24) is 4.90 Å². The fourth-order valence-electron chi connectivity index (χ4n) is 6.76. The van der Waals surface area contributed by atoms with Gasteiger partial charge in [0.05, 0.1) is 17.5 Å². The Labute approximate surface area is 207 Å². The number of hydrogen-bond donors (Lipinski definition) is 3. The third-order valence-electron chi connectivity index (χ3n) is 8.34. The molecule has 2 unspecified atom stereocenters. The predicted molar refractivity (Wildman–Crippen MR) is 128 cm³/mol. The number of fused-ring (bicyclic) bond motifs is 3. The van der Waals surface area contributed by atoms with Crippen molar-refractivity contribution in [2.24, 2.45) is 29.4 Å². The molecule has 4 N–H and O–H groups in total. The summed E-state index contributed by atoms with van der Waals surface area (Å²) in [6, 6.07) is 2.07. The number of Topliss-reactive ketones (excluding diaryl/α,β-unsaturated/α-hetero) is 4. The van der Waals surface area contributed by atoms with Gasteiger partial charge in [0, 0.05) is 5.92 Å². The summed E-state index contributed by atoms with van der Waals surface area (Å²) in [6.45, 7) is 1.97. The predicted octanol–water partition coefficient (Wildman–Crippen LogP) is 0.600. The molecule has 2 fully saturated rings. The average Bonchev–Trinajstić information content (AvgIpc) is 3.22. The zero-order valence-corrected chi connectivity index (χ0v) is 20.3. The van der Waals surface area contributed by atoms with Gasteiger partial charge in [0.1, 0.15) is 5.75 Å². The van der Waals surface area contributed by atoms with Crippen molar-refractivity contribution in [3.05, 3.63) is 46.5 Å². The van der Waals surface area contributed by atoms with Gasteiger partial charge in [-0.15, -0.1) is 0 Å². The largest absolute Gasteiger partial charge is 0.507 e. The number of carbonyl (C=O) groups excluding carboxylic acids is 5. The summed E-state index contributed by atoms with van der Waals surface area (Å²) in [7, 11) is 3.12. The lowest BCUT2D eigenvalue weighted by atomic mass is 9.52. The molecule has 0 aliphatic heterocycles. The number of likely N-dealkylation sites (N-methyl/N-ethyl adjacent to an activating group) is 1. The van der Waals surface area contributed by atoms with Crippen LogP contribution in [-0.2, 0) is 25.6 Å². The van der Waals surface area contributed by atoms with Crippen LogP contribution in [0, 0.1) is 23.7 Å². The highest BCUT2D eigenvalue weighted by Gasteiger charge is 2.69. The molecule has 6 atom stereocenters. The number of nitrogens with zero attached hydrogens (tertiary/aromatic N) is 1. The standard InChI is InChI=1S/C27H28N2O7/c1-11-4-5-12(8-11)14-6-7-17(30)19-15(14)9-13-10-16-21(29(2)3)23(32)20(26(28)35)25(34)27(16,36)24(33)18(13)22(19)31/h4,6-8,13,16,18,20-21,30,36H,5,9-10H2,1-3H3,(H2,28,35)/t13-,16-,18?,20?,21-,27-/m0/s1. The molecule has 4 aliphatic rings. The zero-order chi connectivity index (χ0) is 26.3. The molecule has 188 valence electrons. The third-order valence-corrected chi connectivity index (χ3v) is 8.34. The molecule has 9 nitrogen and oxygen atoms in total. The Morgan fingerprint density at radius 2 is 1.83 bits per heavy atom. The van der Waals surface area contributed by atoms with Crippen LogP contribution >= 0.6 is 0 Å². The molecule has 9 heteroatoms. The maximum absolute atomic E-state index is 13.8. The molecule has 0 bridgehead atoms. The van der Waals surface area contributed by atoms with Crippen LogP contribution in [-0.4, -0.2) is 69.9 Å². The Kier molecular flexibility index (Phi) is 5.42. The van der Waals surface area contributed by atoms with Crippen molar-refractivity contribution in [3.8, 4) is 5.75 Å². The van der Waals surface area contributed by atoms with E-state index in [1.165, 1.54) is 11.0 Å². The van der Waals surface area contributed by atoms with Gasteiger partial charge < -0.3 is 15.9 Å². The van der Waals surface area contributed by atoms with Gasteiger partial charge in [-0.1, -0.05) is 23.8 Å². The van der Waals surface area contributed by atoms with E-state index in [1.54, 1.807) is 20.2 Å². The second-order valence-electron chi connectivity index (χ2n) is 10.6. The molecule has 1 amide bonds. The van der Waals surface area contributed by atoms with E-state index in [-0.39, 0.29) is 24.2 Å². The molecule has 0 aromatic heterocycles. The fraction of sp³-hybridized carbons (Fsp3) is 0.444. The normalized spacial score (nSPS) is 33.6. The first kappa shape index (κ1) is 24.3. The van der Waals surface area contributed by atoms with E-state index < -0.39 is 64.4 Å². The zero-order valence-electron chi connectivity index (χ0n) is 20.3. The van der Waals surface area contributed by atoms with Crippen molar-refractivity contribution in [2.75, 3.05) is 14.1 Å². The van der Waals surface area contributed by atoms with Crippen LogP contribution in [0.3, 0.4) is 0 Å². The smallest absolute Gasteiger partial charge is 0.235 e. The Morgan fingerprint density at radius 1 is 1.14 bits per heavy atom. The summed E-state index contributed by atoms with van der Waals surface area (Å²) in [5.41, 5.74) is 6.15. The summed E-state index contributed by atoms with van der Waals surface area (Å²) in [5.74, 6) is -10.3. The molecule has 0 saturated heterocycles. The van der Waals surface area contributed by atoms with Crippen molar-refractivity contribution in [1.29, 1.82) is 0 Å². The molecule has 4 aliphatic carbocycles. The Hall–Kier alpha value is -3.43. The quantitative estimate of drug-likeness (QED) is 0.518. The lowest BCUT2D eigenvalue weighted by Crippen LogP contribution is -2.74. The van der Waals surface area contributed by atoms with Crippen molar-refractivity contribution < 1.29 is 34.2 Å². The number of phenolic OH excluding ortho intramolecular Hbond substituents is 1. The van der Waals surface area contributed by atoms with Gasteiger partial charge in [0.2, 0.25) is 5.91 Å². The van der Waals surface area contributed by atoms with Gasteiger partial charge in [-0.05, 0) is 69.0 Å². The number of benzene rings is 1. The van der Waals surface area contributed by atoms with E-state index >= 15 is 0 Å². The number of carbonyl (C=O) groups is 5. The summed E-state index contributed by atoms with van der Waals surface area (Å²) >= 11 is 0. The topological polar surface area (TPSA) is 155 Å². The molecular weight excluding hydrogens is 464 g/mol. The highest BCUT2D eigenvalue weighted by Crippen LogP contribution is 2.51. The number of aliphatic hydroxyl groups is 1. The minimum Gasteiger partial charge on any atom is -0.507 e. The molecule has 5 rings (SSSR count). The molecule has 36 heavy (non-hydrogen) atoms. The Bertz CT molecular complexity index is 1320. The summed E-state index contributed by atoms with van der Waals surface area (Å²) < 4.78 is 0. The number of allylic oxidation sites excluding steroid dienone is 4. The lowest BCUT2D eigenvalue weighted by molar-refractivity contribution is -0.181. The molecule has 0 heterocycles. The van der Waals surface area contributed by atoms with E-state index in [0.717, 1.165) is 16.7 Å². The monoisotopic (exact) mass is 492 g/mol. The highest BCUT2D eigenvalue weighted by atomic mass is 16.3. The van der Waals surface area contributed by atoms with Gasteiger partial charge in [-0.25, -0.2) is 0 Å². The van der Waals surface area contributed by atoms with Crippen LogP contribution in [0.25, 0.3) is 5.57 Å². The molecule has 0 radical (unpaired) electrons. The van der Waals surface area contributed by atoms with Crippen LogP contribution in [0.1, 0.15) is 41.3 Å². The number of rotatable bonds is 3. The molecular formula is C27H28N2O7. The molecule has 2 saturated carbocycles. The second-order valence-corrected chi connectivity index (χ2v) is 10.6. The van der Waals surface area contributed by atoms with Gasteiger partial charge in [0.15, 0.2) is 34.7 Å². The number of primary amides is 1. The molecule has 0 spiro atoms. The van der Waals surface area contributed by atoms with Gasteiger partial charge in [0.25, 0.3) is 0 Å². The number of ketones is 4. The van der Waals surface area contributed by atoms with Gasteiger partial charge in [-0.2, -0.15) is 0 Å². The van der Waals surface area contributed by atoms with Crippen molar-refractivity contribution in [3.63, 3.8) is 0 Å². The van der Waals surface area contributed by atoms with Crippen molar-refractivity contribution >= 4 is 34.6 Å². The van der Waals surface area contributed by atoms with Crippen LogP contribution in [0.2, 0.25) is 0 Å². The number of nitrogens with two attached hydrogens (primary N) is 1. The highest BCUT2D eigenvalue weighted by molar-refractivity contribution is 6.32. The van der Waals surface area contributed by atoms with E-state index in [0.29, 0.717) is 12.0 Å². The first-order valence-corrected chi connectivity index (χ1v) is 12.0.